The average molecular weight is 142 g/mol. The first-order valence-electron chi connectivity index (χ1n) is 2.47. The molecule has 0 amide bonds. The van der Waals surface area contributed by atoms with Gasteiger partial charge in [0.05, 0.1) is 12.8 Å². The van der Waals surface area contributed by atoms with Gasteiger partial charge in [0.15, 0.2) is 6.04 Å². The van der Waals surface area contributed by atoms with Crippen LogP contribution in [0.5, 0.6) is 0 Å². The van der Waals surface area contributed by atoms with Crippen molar-refractivity contribution in [3.63, 3.8) is 0 Å². The highest BCUT2D eigenvalue weighted by Gasteiger charge is 2.12. The van der Waals surface area contributed by atoms with Crippen LogP contribution in [0.4, 0.5) is 0 Å². The van der Waals surface area contributed by atoms with Crippen LogP contribution in [-0.4, -0.2) is 35.0 Å². The maximum atomic E-state index is 10.1. The van der Waals surface area contributed by atoms with E-state index in [1.165, 1.54) is 6.07 Å². The van der Waals surface area contributed by atoms with Crippen molar-refractivity contribution in [2.24, 2.45) is 4.99 Å². The Kier molecular flexibility index (Phi) is 3.84. The Morgan fingerprint density at radius 1 is 1.90 bits per heavy atom. The third kappa shape index (κ3) is 2.79. The highest BCUT2D eigenvalue weighted by atomic mass is 16.4. The number of aliphatic carboxylic acids is 1. The lowest BCUT2D eigenvalue weighted by Crippen LogP contribution is -2.21. The Balaban J connectivity index is 3.98. The van der Waals surface area contributed by atoms with Crippen molar-refractivity contribution >= 4 is 12.2 Å². The molecule has 0 radical (unpaired) electrons. The largest absolute Gasteiger partial charge is 0.480 e. The molecular weight excluding hydrogens is 136 g/mol. The molecule has 10 heavy (non-hydrogen) atoms. The number of aliphatic imine (C=N–C) groups is 1. The molecule has 0 saturated heterocycles. The molecule has 1 unspecified atom stereocenters. The van der Waals surface area contributed by atoms with Gasteiger partial charge in [0.2, 0.25) is 0 Å². The molecule has 0 aliphatic heterocycles. The van der Waals surface area contributed by atoms with Gasteiger partial charge >= 0.3 is 5.97 Å². The number of carboxylic acid groups (broad SMARTS) is 1. The molecule has 54 valence electrons. The van der Waals surface area contributed by atoms with Gasteiger partial charge in [0, 0.05) is 0 Å². The fourth-order valence-electron chi connectivity index (χ4n) is 0.312. The molecule has 0 aliphatic carbocycles. The van der Waals surface area contributed by atoms with E-state index in [0.29, 0.717) is 0 Å². The Labute approximate surface area is 57.2 Å². The number of aliphatic hydroxyl groups excluding tert-OH is 1. The summed E-state index contributed by atoms with van der Waals surface area (Å²) >= 11 is 0. The molecule has 5 nitrogen and oxygen atoms in total. The van der Waals surface area contributed by atoms with Crippen LogP contribution in [0.15, 0.2) is 4.99 Å². The second kappa shape index (κ2) is 4.47. The monoisotopic (exact) mass is 142 g/mol. The minimum atomic E-state index is -1.24. The van der Waals surface area contributed by atoms with Crippen molar-refractivity contribution in [2.45, 2.75) is 6.04 Å². The predicted molar refractivity (Wildman–Crippen MR) is 32.6 cm³/mol. The molecule has 0 aromatic carbocycles. The quantitative estimate of drug-likeness (QED) is 0.495. The van der Waals surface area contributed by atoms with Gasteiger partial charge in [0.25, 0.3) is 0 Å². The van der Waals surface area contributed by atoms with E-state index in [0.717, 1.165) is 6.21 Å². The zero-order valence-corrected chi connectivity index (χ0v) is 5.06. The van der Waals surface area contributed by atoms with E-state index in [2.05, 4.69) is 4.99 Å². The number of nitriles is 1. The number of carbonyl (C=O) groups is 1. The predicted octanol–water partition coefficient (Wildman–Crippen LogP) is -0.974. The molecule has 0 aromatic heterocycles. The van der Waals surface area contributed by atoms with E-state index in [1.807, 2.05) is 0 Å². The van der Waals surface area contributed by atoms with Gasteiger partial charge in [-0.05, 0) is 0 Å². The van der Waals surface area contributed by atoms with Gasteiger partial charge in [-0.15, -0.1) is 0 Å². The standard InChI is InChI=1S/C5H6N2O3/c6-1-2-7-4(3-8)5(9)10/h2,4,8H,3H2,(H,9,10). The third-order valence-electron chi connectivity index (χ3n) is 0.770. The van der Waals surface area contributed by atoms with Gasteiger partial charge in [-0.1, -0.05) is 0 Å². The molecule has 0 heterocycles. The lowest BCUT2D eigenvalue weighted by molar-refractivity contribution is -0.139. The second-order valence-electron chi connectivity index (χ2n) is 1.44. The minimum absolute atomic E-state index is 0.590. The van der Waals surface area contributed by atoms with Crippen molar-refractivity contribution in [3.05, 3.63) is 0 Å². The molecule has 2 N–H and O–H groups in total. The van der Waals surface area contributed by atoms with E-state index < -0.39 is 18.6 Å². The van der Waals surface area contributed by atoms with Crippen molar-refractivity contribution < 1.29 is 15.0 Å². The maximum Gasteiger partial charge on any atom is 0.330 e. The van der Waals surface area contributed by atoms with Crippen molar-refractivity contribution in [1.82, 2.24) is 0 Å². The summed E-state index contributed by atoms with van der Waals surface area (Å²) < 4.78 is 0. The summed E-state index contributed by atoms with van der Waals surface area (Å²) in [5, 5.41) is 24.5. The van der Waals surface area contributed by atoms with Crippen LogP contribution in [0, 0.1) is 11.3 Å². The molecule has 0 spiro atoms. The summed E-state index contributed by atoms with van der Waals surface area (Å²) in [4.78, 5) is 13.3. The van der Waals surface area contributed by atoms with Crippen molar-refractivity contribution in [2.75, 3.05) is 6.61 Å². The maximum absolute atomic E-state index is 10.1. The molecule has 0 rings (SSSR count). The van der Waals surface area contributed by atoms with E-state index in [9.17, 15) is 4.79 Å². The smallest absolute Gasteiger partial charge is 0.330 e. The number of rotatable bonds is 3. The van der Waals surface area contributed by atoms with E-state index in [4.69, 9.17) is 15.5 Å². The lowest BCUT2D eigenvalue weighted by Gasteiger charge is -1.98. The van der Waals surface area contributed by atoms with Crippen molar-refractivity contribution in [1.29, 1.82) is 5.26 Å². The fraction of sp³-hybridized carbons (Fsp3) is 0.400. The first-order valence-corrected chi connectivity index (χ1v) is 2.47. The van der Waals surface area contributed by atoms with Gasteiger partial charge in [-0.25, -0.2) is 4.79 Å². The normalized spacial score (nSPS) is 12.8. The molecule has 1 atom stereocenters. The van der Waals surface area contributed by atoms with E-state index >= 15 is 0 Å². The van der Waals surface area contributed by atoms with Crippen molar-refractivity contribution in [3.8, 4) is 6.07 Å². The zero-order valence-electron chi connectivity index (χ0n) is 5.06. The number of hydrogen-bond acceptors (Lipinski definition) is 4. The topological polar surface area (TPSA) is 93.7 Å². The average Bonchev–Trinajstić information content (AvgIpc) is 1.89. The Morgan fingerprint density at radius 3 is 2.80 bits per heavy atom. The van der Waals surface area contributed by atoms with Gasteiger partial charge in [-0.2, -0.15) is 5.26 Å². The number of hydrogen-bond donors (Lipinski definition) is 2. The molecule has 5 heteroatoms. The van der Waals surface area contributed by atoms with Crippen LogP contribution < -0.4 is 0 Å². The number of nitrogens with zero attached hydrogens (tertiary/aromatic N) is 2. The SMILES string of the molecule is N#CC=NC(CO)C(=O)O. The van der Waals surface area contributed by atoms with E-state index in [-0.39, 0.29) is 0 Å². The zero-order chi connectivity index (χ0) is 7.98. The summed E-state index contributed by atoms with van der Waals surface area (Å²) in [5.74, 6) is -1.24. The van der Waals surface area contributed by atoms with Crippen LogP contribution in [0.3, 0.4) is 0 Å². The molecule has 0 aromatic rings. The van der Waals surface area contributed by atoms with E-state index in [1.54, 1.807) is 0 Å². The molecule has 0 fully saturated rings. The Hall–Kier alpha value is -1.41. The Morgan fingerprint density at radius 2 is 2.50 bits per heavy atom. The highest BCUT2D eigenvalue weighted by molar-refractivity contribution is 5.80. The van der Waals surface area contributed by atoms with Crippen LogP contribution >= 0.6 is 0 Å². The first-order chi connectivity index (χ1) is 4.72. The Bertz CT molecular complexity index is 182. The van der Waals surface area contributed by atoms with Crippen LogP contribution in [-0.2, 0) is 4.79 Å². The van der Waals surface area contributed by atoms with Gasteiger partial charge < -0.3 is 10.2 Å². The fourth-order valence-corrected chi connectivity index (χ4v) is 0.312. The van der Waals surface area contributed by atoms with Crippen LogP contribution in [0.1, 0.15) is 0 Å². The summed E-state index contributed by atoms with van der Waals surface area (Å²) in [6.45, 7) is -0.590. The molecule has 0 aliphatic rings. The van der Waals surface area contributed by atoms with Crippen LogP contribution in [0.25, 0.3) is 0 Å². The number of aliphatic hydroxyl groups is 1. The highest BCUT2D eigenvalue weighted by Crippen LogP contribution is 1.86. The number of carboxylic acids is 1. The summed E-state index contributed by atoms with van der Waals surface area (Å²) in [6.07, 6.45) is 0.787. The summed E-state index contributed by atoms with van der Waals surface area (Å²) in [5.41, 5.74) is 0. The molecule has 0 bridgehead atoms. The van der Waals surface area contributed by atoms with Crippen LogP contribution in [0.2, 0.25) is 0 Å². The third-order valence-corrected chi connectivity index (χ3v) is 0.770. The van der Waals surface area contributed by atoms with Gasteiger partial charge in [0.1, 0.15) is 6.07 Å². The first kappa shape index (κ1) is 8.59. The summed E-state index contributed by atoms with van der Waals surface area (Å²) in [6, 6.07) is 0.313. The van der Waals surface area contributed by atoms with Gasteiger partial charge in [-0.3, -0.25) is 4.99 Å². The second-order valence-corrected chi connectivity index (χ2v) is 1.44. The lowest BCUT2D eigenvalue weighted by atomic mass is 10.3. The molecule has 0 saturated carbocycles. The molecular formula is C5H6N2O3. The minimum Gasteiger partial charge on any atom is -0.480 e. The summed E-state index contributed by atoms with van der Waals surface area (Å²) in [7, 11) is 0.